The van der Waals surface area contributed by atoms with Crippen LogP contribution in [0.15, 0.2) is 5.38 Å². The topological polar surface area (TPSA) is 53.5 Å². The van der Waals surface area contributed by atoms with Crippen molar-refractivity contribution in [2.45, 2.75) is 38.0 Å². The molecule has 1 atom stereocenters. The second-order valence-corrected chi connectivity index (χ2v) is 9.64. The van der Waals surface area contributed by atoms with Crippen molar-refractivity contribution in [2.24, 2.45) is 0 Å². The Hall–Kier alpha value is -0.500. The summed E-state index contributed by atoms with van der Waals surface area (Å²) in [4.78, 5) is 9.37. The van der Waals surface area contributed by atoms with Crippen molar-refractivity contribution < 1.29 is 8.42 Å². The van der Waals surface area contributed by atoms with Gasteiger partial charge in [0.1, 0.15) is 0 Å². The van der Waals surface area contributed by atoms with Gasteiger partial charge in [0.05, 0.1) is 21.7 Å². The Morgan fingerprint density at radius 2 is 2.00 bits per heavy atom. The molecule has 0 aliphatic carbocycles. The molecule has 3 heterocycles. The Morgan fingerprint density at radius 3 is 2.59 bits per heavy atom. The number of thiazole rings is 1. The highest BCUT2D eigenvalue weighted by molar-refractivity contribution is 7.92. The summed E-state index contributed by atoms with van der Waals surface area (Å²) >= 11 is 1.74. The molecule has 0 radical (unpaired) electrons. The molecule has 0 bridgehead atoms. The predicted octanol–water partition coefficient (Wildman–Crippen LogP) is 1.40. The van der Waals surface area contributed by atoms with E-state index in [2.05, 4.69) is 27.1 Å². The maximum absolute atomic E-state index is 11.9. The van der Waals surface area contributed by atoms with Gasteiger partial charge in [0, 0.05) is 44.6 Å². The highest BCUT2D eigenvalue weighted by Crippen LogP contribution is 2.21. The third kappa shape index (κ3) is 3.88. The van der Waals surface area contributed by atoms with Crippen LogP contribution in [0.2, 0.25) is 0 Å². The lowest BCUT2D eigenvalue weighted by atomic mass is 10.2. The summed E-state index contributed by atoms with van der Waals surface area (Å²) < 4.78 is 23.9. The molecule has 5 nitrogen and oxygen atoms in total. The number of hydrogen-bond donors (Lipinski definition) is 0. The van der Waals surface area contributed by atoms with Crippen LogP contribution >= 0.6 is 11.3 Å². The normalized spacial score (nSPS) is 26.5. The average Bonchev–Trinajstić information content (AvgIpc) is 3.08. The molecule has 0 spiro atoms. The molecule has 7 heteroatoms. The Kier molecular flexibility index (Phi) is 5.17. The lowest BCUT2D eigenvalue weighted by molar-refractivity contribution is 0.126. The second kappa shape index (κ2) is 6.95. The first kappa shape index (κ1) is 16.4. The van der Waals surface area contributed by atoms with E-state index >= 15 is 0 Å². The summed E-state index contributed by atoms with van der Waals surface area (Å²) in [6.07, 6.45) is 2.70. The fraction of sp³-hybridized carbons (Fsp3) is 0.800. The second-order valence-electron chi connectivity index (χ2n) is 6.29. The molecule has 0 aromatic carbocycles. The van der Waals surface area contributed by atoms with Crippen molar-refractivity contribution in [3.05, 3.63) is 16.1 Å². The zero-order valence-electron chi connectivity index (χ0n) is 13.2. The molecule has 22 heavy (non-hydrogen) atoms. The van der Waals surface area contributed by atoms with E-state index in [0.29, 0.717) is 5.75 Å². The monoisotopic (exact) mass is 343 g/mol. The average molecular weight is 344 g/mol. The van der Waals surface area contributed by atoms with Crippen LogP contribution in [0.25, 0.3) is 0 Å². The van der Waals surface area contributed by atoms with Crippen LogP contribution in [0.5, 0.6) is 0 Å². The Morgan fingerprint density at radius 1 is 1.27 bits per heavy atom. The van der Waals surface area contributed by atoms with Gasteiger partial charge in [-0.15, -0.1) is 11.3 Å². The quantitative estimate of drug-likeness (QED) is 0.809. The van der Waals surface area contributed by atoms with Crippen LogP contribution in [0, 0.1) is 0 Å². The standard InChI is InChI=1S/C15H25N3O2S2/c1-2-15-16-13(12-21-15)10-17-5-7-18(8-6-17)11-14-4-3-9-22(14,19)20/h12,14H,2-11H2,1H3. The van der Waals surface area contributed by atoms with E-state index in [-0.39, 0.29) is 5.25 Å². The van der Waals surface area contributed by atoms with Gasteiger partial charge in [0.25, 0.3) is 0 Å². The van der Waals surface area contributed by atoms with Crippen molar-refractivity contribution in [1.29, 1.82) is 0 Å². The molecule has 0 saturated carbocycles. The van der Waals surface area contributed by atoms with Crippen molar-refractivity contribution in [3.8, 4) is 0 Å². The summed E-state index contributed by atoms with van der Waals surface area (Å²) in [5, 5.41) is 3.25. The summed E-state index contributed by atoms with van der Waals surface area (Å²) in [7, 11) is -2.81. The van der Waals surface area contributed by atoms with E-state index in [1.54, 1.807) is 11.3 Å². The lowest BCUT2D eigenvalue weighted by Gasteiger charge is -2.35. The molecule has 1 unspecified atom stereocenters. The van der Waals surface area contributed by atoms with Crippen LogP contribution in [-0.4, -0.2) is 66.9 Å². The summed E-state index contributed by atoms with van der Waals surface area (Å²) in [6, 6.07) is 0. The van der Waals surface area contributed by atoms with Crippen molar-refractivity contribution >= 4 is 21.2 Å². The fourth-order valence-corrected chi connectivity index (χ4v) is 5.90. The van der Waals surface area contributed by atoms with Crippen LogP contribution < -0.4 is 0 Å². The summed E-state index contributed by atoms with van der Waals surface area (Å²) in [5.74, 6) is 0.390. The van der Waals surface area contributed by atoms with E-state index in [0.717, 1.165) is 58.5 Å². The zero-order chi connectivity index (χ0) is 15.6. The highest BCUT2D eigenvalue weighted by Gasteiger charge is 2.33. The van der Waals surface area contributed by atoms with Crippen molar-refractivity contribution in [1.82, 2.24) is 14.8 Å². The molecule has 2 fully saturated rings. The predicted molar refractivity (Wildman–Crippen MR) is 90.0 cm³/mol. The van der Waals surface area contributed by atoms with E-state index in [4.69, 9.17) is 0 Å². The first-order valence-corrected chi connectivity index (χ1v) is 10.8. The number of sulfone groups is 1. The van der Waals surface area contributed by atoms with Gasteiger partial charge in [-0.3, -0.25) is 9.80 Å². The first-order valence-electron chi connectivity index (χ1n) is 8.16. The van der Waals surface area contributed by atoms with Crippen molar-refractivity contribution in [2.75, 3.05) is 38.5 Å². The molecule has 2 aliphatic heterocycles. The van der Waals surface area contributed by atoms with Gasteiger partial charge in [0.2, 0.25) is 0 Å². The summed E-state index contributed by atoms with van der Waals surface area (Å²) in [5.41, 5.74) is 1.17. The minimum Gasteiger partial charge on any atom is -0.300 e. The number of aryl methyl sites for hydroxylation is 1. The third-order valence-electron chi connectivity index (χ3n) is 4.68. The molecule has 0 N–H and O–H groups in total. The number of nitrogens with zero attached hydrogens (tertiary/aromatic N) is 3. The van der Waals surface area contributed by atoms with E-state index in [1.165, 1.54) is 10.7 Å². The first-order chi connectivity index (χ1) is 10.6. The lowest BCUT2D eigenvalue weighted by Crippen LogP contribution is -2.48. The minimum absolute atomic E-state index is 0.121. The van der Waals surface area contributed by atoms with E-state index < -0.39 is 9.84 Å². The molecule has 2 saturated heterocycles. The number of rotatable bonds is 5. The third-order valence-corrected chi connectivity index (χ3v) is 7.98. The molecule has 124 valence electrons. The van der Waals surface area contributed by atoms with Gasteiger partial charge in [-0.25, -0.2) is 13.4 Å². The Labute approximate surface area is 137 Å². The molecular weight excluding hydrogens is 318 g/mol. The Bertz CT molecular complexity index is 592. The van der Waals surface area contributed by atoms with E-state index in [1.807, 2.05) is 0 Å². The fourth-order valence-electron chi connectivity index (χ4n) is 3.29. The molecule has 2 aliphatic rings. The van der Waals surface area contributed by atoms with Gasteiger partial charge in [0.15, 0.2) is 9.84 Å². The number of aromatic nitrogens is 1. The van der Waals surface area contributed by atoms with Crippen LogP contribution in [-0.2, 0) is 22.8 Å². The number of piperazine rings is 1. The maximum atomic E-state index is 11.9. The molecule has 3 rings (SSSR count). The van der Waals surface area contributed by atoms with Gasteiger partial charge in [-0.05, 0) is 19.3 Å². The SMILES string of the molecule is CCc1nc(CN2CCN(CC3CCCS3(=O)=O)CC2)cs1. The van der Waals surface area contributed by atoms with Crippen LogP contribution in [0.1, 0.15) is 30.5 Å². The molecular formula is C15H25N3O2S2. The van der Waals surface area contributed by atoms with E-state index in [9.17, 15) is 8.42 Å². The van der Waals surface area contributed by atoms with Gasteiger partial charge in [-0.2, -0.15) is 0 Å². The van der Waals surface area contributed by atoms with Gasteiger partial charge < -0.3 is 0 Å². The highest BCUT2D eigenvalue weighted by atomic mass is 32.2. The smallest absolute Gasteiger partial charge is 0.154 e. The minimum atomic E-state index is -2.81. The summed E-state index contributed by atoms with van der Waals surface area (Å²) in [6.45, 7) is 7.74. The molecule has 1 aromatic rings. The largest absolute Gasteiger partial charge is 0.300 e. The number of hydrogen-bond acceptors (Lipinski definition) is 6. The van der Waals surface area contributed by atoms with Crippen LogP contribution in [0.3, 0.4) is 0 Å². The Balaban J connectivity index is 1.46. The van der Waals surface area contributed by atoms with Crippen LogP contribution in [0.4, 0.5) is 0 Å². The molecule has 1 aromatic heterocycles. The zero-order valence-corrected chi connectivity index (χ0v) is 14.8. The van der Waals surface area contributed by atoms with Crippen molar-refractivity contribution in [3.63, 3.8) is 0 Å². The van der Waals surface area contributed by atoms with Gasteiger partial charge >= 0.3 is 0 Å². The maximum Gasteiger partial charge on any atom is 0.154 e. The van der Waals surface area contributed by atoms with Gasteiger partial charge in [-0.1, -0.05) is 6.92 Å². The molecule has 0 amide bonds.